The number of pyridine rings is 1. The monoisotopic (exact) mass is 219 g/mol. The molecule has 0 unspecified atom stereocenters. The van der Waals surface area contributed by atoms with Gasteiger partial charge in [-0.05, 0) is 31.7 Å². The van der Waals surface area contributed by atoms with Crippen LogP contribution >= 0.6 is 0 Å². The van der Waals surface area contributed by atoms with E-state index in [1.165, 1.54) is 31.4 Å². The molecule has 88 valence electrons. The van der Waals surface area contributed by atoms with Crippen LogP contribution in [0, 0.1) is 5.92 Å². The molecule has 0 atom stereocenters. The van der Waals surface area contributed by atoms with E-state index in [4.69, 9.17) is 0 Å². The van der Waals surface area contributed by atoms with Crippen LogP contribution in [0.25, 0.3) is 0 Å². The standard InChI is InChI=1S/C13H21N3/c1-2-14-13-9-12(7-8-15-13)16-10-11-5-3-4-6-11/h7-9,11H,2-6,10H2,1H3,(H2,14,15,16). The van der Waals surface area contributed by atoms with E-state index in [1.54, 1.807) is 0 Å². The van der Waals surface area contributed by atoms with Crippen LogP contribution in [0.5, 0.6) is 0 Å². The van der Waals surface area contributed by atoms with Gasteiger partial charge in [-0.2, -0.15) is 0 Å². The molecule has 3 nitrogen and oxygen atoms in total. The zero-order valence-electron chi connectivity index (χ0n) is 10.00. The van der Waals surface area contributed by atoms with Crippen molar-refractivity contribution in [3.63, 3.8) is 0 Å². The van der Waals surface area contributed by atoms with Crippen molar-refractivity contribution >= 4 is 11.5 Å². The summed E-state index contributed by atoms with van der Waals surface area (Å²) in [5.41, 5.74) is 1.18. The maximum Gasteiger partial charge on any atom is 0.127 e. The molecular weight excluding hydrogens is 198 g/mol. The fourth-order valence-electron chi connectivity index (χ4n) is 2.29. The topological polar surface area (TPSA) is 37.0 Å². The molecule has 1 aliphatic carbocycles. The van der Waals surface area contributed by atoms with Gasteiger partial charge in [-0.3, -0.25) is 0 Å². The SMILES string of the molecule is CCNc1cc(NCC2CCCC2)ccn1. The highest BCUT2D eigenvalue weighted by Gasteiger charge is 2.14. The number of nitrogens with one attached hydrogen (secondary N) is 2. The minimum Gasteiger partial charge on any atom is -0.385 e. The second kappa shape index (κ2) is 5.73. The molecule has 1 aromatic rings. The fraction of sp³-hybridized carbons (Fsp3) is 0.615. The largest absolute Gasteiger partial charge is 0.385 e. The van der Waals surface area contributed by atoms with E-state index in [0.717, 1.165) is 24.8 Å². The molecule has 0 bridgehead atoms. The van der Waals surface area contributed by atoms with Gasteiger partial charge < -0.3 is 10.6 Å². The van der Waals surface area contributed by atoms with Gasteiger partial charge in [0.15, 0.2) is 0 Å². The Morgan fingerprint density at radius 3 is 2.88 bits per heavy atom. The summed E-state index contributed by atoms with van der Waals surface area (Å²) < 4.78 is 0. The van der Waals surface area contributed by atoms with Gasteiger partial charge in [0.2, 0.25) is 0 Å². The normalized spacial score (nSPS) is 16.3. The summed E-state index contributed by atoms with van der Waals surface area (Å²) in [4.78, 5) is 4.26. The first-order valence-corrected chi connectivity index (χ1v) is 6.32. The molecule has 0 spiro atoms. The summed E-state index contributed by atoms with van der Waals surface area (Å²) >= 11 is 0. The predicted molar refractivity (Wildman–Crippen MR) is 68.8 cm³/mol. The third kappa shape index (κ3) is 3.12. The van der Waals surface area contributed by atoms with Gasteiger partial charge >= 0.3 is 0 Å². The van der Waals surface area contributed by atoms with E-state index >= 15 is 0 Å². The summed E-state index contributed by atoms with van der Waals surface area (Å²) in [7, 11) is 0. The number of hydrogen-bond acceptors (Lipinski definition) is 3. The van der Waals surface area contributed by atoms with Crippen molar-refractivity contribution in [1.29, 1.82) is 0 Å². The second-order valence-electron chi connectivity index (χ2n) is 4.49. The van der Waals surface area contributed by atoms with Crippen molar-refractivity contribution in [2.75, 3.05) is 23.7 Å². The molecule has 1 heterocycles. The lowest BCUT2D eigenvalue weighted by Crippen LogP contribution is -2.11. The lowest BCUT2D eigenvalue weighted by atomic mass is 10.1. The van der Waals surface area contributed by atoms with Gasteiger partial charge in [-0.25, -0.2) is 4.98 Å². The molecule has 2 rings (SSSR count). The highest BCUT2D eigenvalue weighted by molar-refractivity contribution is 5.51. The van der Waals surface area contributed by atoms with Crippen molar-refractivity contribution in [2.24, 2.45) is 5.92 Å². The Kier molecular flexibility index (Phi) is 4.03. The Labute approximate surface area is 97.7 Å². The minimum absolute atomic E-state index is 0.871. The van der Waals surface area contributed by atoms with E-state index in [2.05, 4.69) is 28.6 Å². The molecule has 0 amide bonds. The fourth-order valence-corrected chi connectivity index (χ4v) is 2.29. The smallest absolute Gasteiger partial charge is 0.127 e. The van der Waals surface area contributed by atoms with Crippen LogP contribution < -0.4 is 10.6 Å². The summed E-state index contributed by atoms with van der Waals surface area (Å²) in [5, 5.41) is 6.73. The summed E-state index contributed by atoms with van der Waals surface area (Å²) in [6.07, 6.45) is 7.45. The molecule has 1 saturated carbocycles. The third-order valence-corrected chi connectivity index (χ3v) is 3.19. The number of nitrogens with zero attached hydrogens (tertiary/aromatic N) is 1. The molecule has 1 aliphatic rings. The van der Waals surface area contributed by atoms with E-state index in [-0.39, 0.29) is 0 Å². The van der Waals surface area contributed by atoms with Crippen LogP contribution in [0.3, 0.4) is 0 Å². The number of hydrogen-bond donors (Lipinski definition) is 2. The van der Waals surface area contributed by atoms with Crippen molar-refractivity contribution in [3.05, 3.63) is 18.3 Å². The van der Waals surface area contributed by atoms with Crippen LogP contribution in [-0.4, -0.2) is 18.1 Å². The van der Waals surface area contributed by atoms with Crippen molar-refractivity contribution < 1.29 is 0 Å². The molecule has 0 aromatic carbocycles. The van der Waals surface area contributed by atoms with Gasteiger partial charge in [0, 0.05) is 31.0 Å². The molecule has 0 saturated heterocycles. The Morgan fingerprint density at radius 2 is 2.12 bits per heavy atom. The zero-order valence-corrected chi connectivity index (χ0v) is 10.00. The predicted octanol–water partition coefficient (Wildman–Crippen LogP) is 3.12. The first kappa shape index (κ1) is 11.2. The van der Waals surface area contributed by atoms with Gasteiger partial charge in [0.05, 0.1) is 0 Å². The van der Waals surface area contributed by atoms with Crippen molar-refractivity contribution in [1.82, 2.24) is 4.98 Å². The molecule has 2 N–H and O–H groups in total. The lowest BCUT2D eigenvalue weighted by Gasteiger charge is -2.12. The average Bonchev–Trinajstić information content (AvgIpc) is 2.80. The molecule has 3 heteroatoms. The lowest BCUT2D eigenvalue weighted by molar-refractivity contribution is 0.580. The van der Waals surface area contributed by atoms with Crippen LogP contribution in [-0.2, 0) is 0 Å². The molecule has 0 radical (unpaired) electrons. The summed E-state index contributed by atoms with van der Waals surface area (Å²) in [6, 6.07) is 4.12. The quantitative estimate of drug-likeness (QED) is 0.799. The van der Waals surface area contributed by atoms with Gasteiger partial charge in [-0.15, -0.1) is 0 Å². The summed E-state index contributed by atoms with van der Waals surface area (Å²) in [5.74, 6) is 1.83. The molecular formula is C13H21N3. The van der Waals surface area contributed by atoms with Gasteiger partial charge in [0.1, 0.15) is 5.82 Å². The Hall–Kier alpha value is -1.25. The van der Waals surface area contributed by atoms with Crippen molar-refractivity contribution in [2.45, 2.75) is 32.6 Å². The molecule has 1 fully saturated rings. The second-order valence-corrected chi connectivity index (χ2v) is 4.49. The average molecular weight is 219 g/mol. The maximum atomic E-state index is 4.26. The Morgan fingerprint density at radius 1 is 1.31 bits per heavy atom. The molecule has 16 heavy (non-hydrogen) atoms. The molecule has 0 aliphatic heterocycles. The number of rotatable bonds is 5. The Balaban J connectivity index is 1.85. The van der Waals surface area contributed by atoms with Crippen molar-refractivity contribution in [3.8, 4) is 0 Å². The Bertz CT molecular complexity index is 319. The van der Waals surface area contributed by atoms with E-state index in [9.17, 15) is 0 Å². The van der Waals surface area contributed by atoms with Crippen LogP contribution in [0.4, 0.5) is 11.5 Å². The van der Waals surface area contributed by atoms with Crippen LogP contribution in [0.1, 0.15) is 32.6 Å². The summed E-state index contributed by atoms with van der Waals surface area (Å²) in [6.45, 7) is 4.11. The minimum atomic E-state index is 0.871. The first-order chi connectivity index (χ1) is 7.88. The first-order valence-electron chi connectivity index (χ1n) is 6.32. The van der Waals surface area contributed by atoms with Gasteiger partial charge in [-0.1, -0.05) is 12.8 Å². The third-order valence-electron chi connectivity index (χ3n) is 3.19. The maximum absolute atomic E-state index is 4.26. The van der Waals surface area contributed by atoms with Crippen LogP contribution in [0.2, 0.25) is 0 Å². The zero-order chi connectivity index (χ0) is 11.2. The highest BCUT2D eigenvalue weighted by Crippen LogP contribution is 2.25. The van der Waals surface area contributed by atoms with E-state index in [1.807, 2.05) is 12.3 Å². The van der Waals surface area contributed by atoms with E-state index in [0.29, 0.717) is 0 Å². The van der Waals surface area contributed by atoms with E-state index < -0.39 is 0 Å². The number of aromatic nitrogens is 1. The van der Waals surface area contributed by atoms with Gasteiger partial charge in [0.25, 0.3) is 0 Å². The van der Waals surface area contributed by atoms with Crippen LogP contribution in [0.15, 0.2) is 18.3 Å². The molecule has 1 aromatic heterocycles. The highest BCUT2D eigenvalue weighted by atomic mass is 15.0. The number of anilines is 2.